The molecule has 0 spiro atoms. The molecule has 35 heavy (non-hydrogen) atoms. The third-order valence-electron chi connectivity index (χ3n) is 6.59. The molecule has 2 aliphatic rings. The Morgan fingerprint density at radius 2 is 1.69 bits per heavy atom. The number of fused-ring (bicyclic) bond motifs is 1. The fourth-order valence-corrected chi connectivity index (χ4v) is 4.65. The Morgan fingerprint density at radius 1 is 0.914 bits per heavy atom. The number of morpholine rings is 2. The lowest BCUT2D eigenvalue weighted by molar-refractivity contribution is -0.135. The number of carbonyl (C=O) groups excluding carboxylic acids is 1. The van der Waals surface area contributed by atoms with Crippen molar-refractivity contribution in [2.45, 2.75) is 12.8 Å². The summed E-state index contributed by atoms with van der Waals surface area (Å²) in [4.78, 5) is 29.2. The van der Waals surface area contributed by atoms with Crippen LogP contribution < -0.4 is 4.90 Å². The predicted octanol–water partition coefficient (Wildman–Crippen LogP) is 2.67. The highest BCUT2D eigenvalue weighted by Crippen LogP contribution is 2.28. The number of benzene rings is 1. The van der Waals surface area contributed by atoms with E-state index in [1.165, 1.54) is 0 Å². The number of aromatic nitrogens is 2. The third kappa shape index (κ3) is 5.98. The van der Waals surface area contributed by atoms with Crippen molar-refractivity contribution in [1.29, 1.82) is 0 Å². The zero-order valence-corrected chi connectivity index (χ0v) is 20.1. The standard InChI is InChI=1S/C26H33N5O4/c32-24(30-14-19-34-20-15-30)8-11-31(10-4-9-29-12-17-33-18-13-29)26-21-5-1-2-6-22(21)27-25(28-26)23-7-3-16-35-23/h1-3,5-7,16H,4,8-15,17-20H2. The number of nitrogens with zero attached hydrogens (tertiary/aromatic N) is 5. The summed E-state index contributed by atoms with van der Waals surface area (Å²) in [6.07, 6.45) is 3.04. The average molecular weight is 480 g/mol. The van der Waals surface area contributed by atoms with Crippen LogP contribution >= 0.6 is 0 Å². The quantitative estimate of drug-likeness (QED) is 0.463. The molecule has 0 unspecified atom stereocenters. The zero-order chi connectivity index (χ0) is 23.9. The minimum Gasteiger partial charge on any atom is -0.461 e. The topological polar surface area (TPSA) is 84.2 Å². The van der Waals surface area contributed by atoms with E-state index in [9.17, 15) is 4.79 Å². The maximum Gasteiger partial charge on any atom is 0.224 e. The monoisotopic (exact) mass is 479 g/mol. The van der Waals surface area contributed by atoms with Gasteiger partial charge in [0.25, 0.3) is 0 Å². The third-order valence-corrected chi connectivity index (χ3v) is 6.59. The number of rotatable bonds is 9. The summed E-state index contributed by atoms with van der Waals surface area (Å²) in [5, 5.41) is 0.980. The van der Waals surface area contributed by atoms with Crippen LogP contribution in [-0.2, 0) is 14.3 Å². The van der Waals surface area contributed by atoms with Gasteiger partial charge in [0.1, 0.15) is 5.82 Å². The van der Waals surface area contributed by atoms with Crippen molar-refractivity contribution in [2.24, 2.45) is 0 Å². The van der Waals surface area contributed by atoms with Crippen molar-refractivity contribution in [3.8, 4) is 11.6 Å². The van der Waals surface area contributed by atoms with Gasteiger partial charge in [-0.25, -0.2) is 9.97 Å². The van der Waals surface area contributed by atoms with Crippen LogP contribution in [0.3, 0.4) is 0 Å². The normalized spacial score (nSPS) is 17.1. The van der Waals surface area contributed by atoms with Crippen LogP contribution in [0.4, 0.5) is 5.82 Å². The summed E-state index contributed by atoms with van der Waals surface area (Å²) in [5.41, 5.74) is 0.863. The number of furan rings is 1. The minimum atomic E-state index is 0.163. The van der Waals surface area contributed by atoms with Gasteiger partial charge in [-0.05, 0) is 30.7 Å². The molecule has 4 heterocycles. The number of hydrogen-bond donors (Lipinski definition) is 0. The summed E-state index contributed by atoms with van der Waals surface area (Å²) in [6.45, 7) is 8.44. The van der Waals surface area contributed by atoms with Gasteiger partial charge in [0.2, 0.25) is 5.91 Å². The van der Waals surface area contributed by atoms with E-state index >= 15 is 0 Å². The number of carbonyl (C=O) groups is 1. The predicted molar refractivity (Wildman–Crippen MR) is 133 cm³/mol. The van der Waals surface area contributed by atoms with Crippen LogP contribution in [0.25, 0.3) is 22.5 Å². The molecule has 3 aromatic rings. The molecule has 9 nitrogen and oxygen atoms in total. The Labute approximate surface area is 205 Å². The van der Waals surface area contributed by atoms with E-state index in [2.05, 4.69) is 15.9 Å². The molecule has 0 aliphatic carbocycles. The number of anilines is 1. The first-order valence-electron chi connectivity index (χ1n) is 12.5. The Kier molecular flexibility index (Phi) is 7.87. The van der Waals surface area contributed by atoms with Crippen LogP contribution in [0, 0.1) is 0 Å². The maximum atomic E-state index is 12.9. The largest absolute Gasteiger partial charge is 0.461 e. The molecule has 2 saturated heterocycles. The summed E-state index contributed by atoms with van der Waals surface area (Å²) in [5.74, 6) is 2.20. The summed E-state index contributed by atoms with van der Waals surface area (Å²) in [6, 6.07) is 11.8. The van der Waals surface area contributed by atoms with Crippen molar-refractivity contribution < 1.29 is 18.7 Å². The average Bonchev–Trinajstić information content (AvgIpc) is 3.46. The SMILES string of the molecule is O=C(CCN(CCCN1CCOCC1)c1nc(-c2ccco2)nc2ccccc12)N1CCOCC1. The second kappa shape index (κ2) is 11.6. The molecule has 0 saturated carbocycles. The molecule has 0 bridgehead atoms. The van der Waals surface area contributed by atoms with Gasteiger partial charge in [0, 0.05) is 57.6 Å². The molecule has 2 fully saturated rings. The first-order chi connectivity index (χ1) is 17.3. The molecule has 0 atom stereocenters. The van der Waals surface area contributed by atoms with Gasteiger partial charge in [-0.2, -0.15) is 0 Å². The van der Waals surface area contributed by atoms with Gasteiger partial charge in [-0.1, -0.05) is 12.1 Å². The van der Waals surface area contributed by atoms with E-state index in [0.29, 0.717) is 50.9 Å². The summed E-state index contributed by atoms with van der Waals surface area (Å²) in [7, 11) is 0. The van der Waals surface area contributed by atoms with Gasteiger partial charge in [0.15, 0.2) is 11.6 Å². The fraction of sp³-hybridized carbons (Fsp3) is 0.500. The Hall–Kier alpha value is -3.01. The molecule has 1 amide bonds. The summed E-state index contributed by atoms with van der Waals surface area (Å²) < 4.78 is 16.5. The highest BCUT2D eigenvalue weighted by atomic mass is 16.5. The molecule has 2 aromatic heterocycles. The van der Waals surface area contributed by atoms with Gasteiger partial charge >= 0.3 is 0 Å². The van der Waals surface area contributed by atoms with Gasteiger partial charge in [0.05, 0.1) is 38.2 Å². The zero-order valence-electron chi connectivity index (χ0n) is 20.1. The number of para-hydroxylation sites is 1. The smallest absolute Gasteiger partial charge is 0.224 e. The molecule has 1 aromatic carbocycles. The highest BCUT2D eigenvalue weighted by Gasteiger charge is 2.21. The van der Waals surface area contributed by atoms with E-state index in [4.69, 9.17) is 23.9 Å². The van der Waals surface area contributed by atoms with Crippen LogP contribution in [0.5, 0.6) is 0 Å². The fourth-order valence-electron chi connectivity index (χ4n) is 4.65. The lowest BCUT2D eigenvalue weighted by atomic mass is 10.2. The second-order valence-corrected chi connectivity index (χ2v) is 8.90. The van der Waals surface area contributed by atoms with Gasteiger partial charge < -0.3 is 23.7 Å². The molecule has 0 N–H and O–H groups in total. The van der Waals surface area contributed by atoms with Crippen molar-refractivity contribution in [1.82, 2.24) is 19.8 Å². The van der Waals surface area contributed by atoms with Crippen LogP contribution in [0.15, 0.2) is 47.1 Å². The van der Waals surface area contributed by atoms with Crippen molar-refractivity contribution in [3.05, 3.63) is 42.7 Å². The molecule has 186 valence electrons. The number of amides is 1. The first kappa shape index (κ1) is 23.7. The van der Waals surface area contributed by atoms with E-state index in [0.717, 1.165) is 62.5 Å². The lowest BCUT2D eigenvalue weighted by Crippen LogP contribution is -2.42. The maximum absolute atomic E-state index is 12.9. The van der Waals surface area contributed by atoms with E-state index in [-0.39, 0.29) is 5.91 Å². The minimum absolute atomic E-state index is 0.163. The van der Waals surface area contributed by atoms with E-state index in [1.807, 2.05) is 35.2 Å². The van der Waals surface area contributed by atoms with Crippen molar-refractivity contribution in [2.75, 3.05) is 77.1 Å². The first-order valence-corrected chi connectivity index (χ1v) is 12.5. The van der Waals surface area contributed by atoms with Gasteiger partial charge in [-0.15, -0.1) is 0 Å². The molecule has 9 heteroatoms. The number of hydrogen-bond acceptors (Lipinski definition) is 8. The van der Waals surface area contributed by atoms with Crippen molar-refractivity contribution >= 4 is 22.6 Å². The number of ether oxygens (including phenoxy) is 2. The molecule has 2 aliphatic heterocycles. The van der Waals surface area contributed by atoms with E-state index in [1.54, 1.807) is 6.26 Å². The van der Waals surface area contributed by atoms with Crippen LogP contribution in [0.2, 0.25) is 0 Å². The summed E-state index contributed by atoms with van der Waals surface area (Å²) >= 11 is 0. The second-order valence-electron chi connectivity index (χ2n) is 8.90. The Bertz CT molecular complexity index is 1090. The molecular weight excluding hydrogens is 446 g/mol. The molecular formula is C26H33N5O4. The van der Waals surface area contributed by atoms with Crippen LogP contribution in [-0.4, -0.2) is 97.9 Å². The highest BCUT2D eigenvalue weighted by molar-refractivity contribution is 5.91. The molecule has 5 rings (SSSR count). The Morgan fingerprint density at radius 3 is 2.46 bits per heavy atom. The molecule has 0 radical (unpaired) electrons. The van der Waals surface area contributed by atoms with Crippen molar-refractivity contribution in [3.63, 3.8) is 0 Å². The lowest BCUT2D eigenvalue weighted by Gasteiger charge is -2.30. The van der Waals surface area contributed by atoms with Crippen LogP contribution in [0.1, 0.15) is 12.8 Å². The van der Waals surface area contributed by atoms with Gasteiger partial charge in [-0.3, -0.25) is 9.69 Å². The van der Waals surface area contributed by atoms with E-state index < -0.39 is 0 Å². The Balaban J connectivity index is 1.38.